The van der Waals surface area contributed by atoms with E-state index < -0.39 is 0 Å². The van der Waals surface area contributed by atoms with Crippen LogP contribution in [0.4, 0.5) is 0 Å². The monoisotopic (exact) mass is 265 g/mol. The van der Waals surface area contributed by atoms with Crippen molar-refractivity contribution in [2.24, 2.45) is 11.8 Å². The molecular weight excluding hydrogens is 238 g/mol. The first-order chi connectivity index (χ1) is 9.35. The van der Waals surface area contributed by atoms with E-state index in [4.69, 9.17) is 5.84 Å². The van der Waals surface area contributed by atoms with Gasteiger partial charge < -0.3 is 0 Å². The summed E-state index contributed by atoms with van der Waals surface area (Å²) in [5, 5.41) is 8.20. The third-order valence-electron chi connectivity index (χ3n) is 4.19. The molecule has 0 aromatic carbocycles. The van der Waals surface area contributed by atoms with Gasteiger partial charge in [-0.1, -0.05) is 50.7 Å². The van der Waals surface area contributed by atoms with E-state index in [1.165, 1.54) is 38.5 Å². The molecule has 19 heavy (non-hydrogen) atoms. The summed E-state index contributed by atoms with van der Waals surface area (Å²) in [4.78, 5) is 0. The van der Waals surface area contributed by atoms with Crippen LogP contribution in [0.15, 0.2) is 6.20 Å². The van der Waals surface area contributed by atoms with Crippen LogP contribution in [0.1, 0.15) is 70.0 Å². The minimum Gasteiger partial charge on any atom is -0.271 e. The van der Waals surface area contributed by atoms with Crippen LogP contribution in [0.25, 0.3) is 0 Å². The Morgan fingerprint density at radius 2 is 2.11 bits per heavy atom. The molecule has 1 atom stereocenters. The molecule has 0 amide bonds. The molecule has 0 saturated heterocycles. The maximum atomic E-state index is 5.77. The molecule has 0 aliphatic heterocycles. The molecule has 0 bridgehead atoms. The number of nitrogens with zero attached hydrogens (tertiary/aromatic N) is 3. The van der Waals surface area contributed by atoms with Crippen LogP contribution >= 0.6 is 0 Å². The molecule has 0 radical (unpaired) electrons. The van der Waals surface area contributed by atoms with E-state index in [9.17, 15) is 0 Å². The van der Waals surface area contributed by atoms with Gasteiger partial charge in [-0.2, -0.15) is 0 Å². The van der Waals surface area contributed by atoms with E-state index in [0.717, 1.165) is 31.0 Å². The second-order valence-corrected chi connectivity index (χ2v) is 5.69. The number of hydrazine groups is 1. The Hall–Kier alpha value is -0.940. The van der Waals surface area contributed by atoms with Gasteiger partial charge in [0.15, 0.2) is 0 Å². The molecule has 5 heteroatoms. The fraction of sp³-hybridized carbons (Fsp3) is 0.857. The van der Waals surface area contributed by atoms with Crippen LogP contribution in [0.2, 0.25) is 0 Å². The van der Waals surface area contributed by atoms with Gasteiger partial charge >= 0.3 is 0 Å². The zero-order valence-electron chi connectivity index (χ0n) is 12.0. The van der Waals surface area contributed by atoms with Crippen molar-refractivity contribution in [3.63, 3.8) is 0 Å². The molecule has 1 saturated carbocycles. The number of hydrogen-bond acceptors (Lipinski definition) is 4. The predicted octanol–water partition coefficient (Wildman–Crippen LogP) is 2.55. The summed E-state index contributed by atoms with van der Waals surface area (Å²) >= 11 is 0. The minimum atomic E-state index is 0.185. The number of aromatic nitrogens is 3. The SMILES string of the molecule is CCCn1nncc1C(CC1CCCCCC1)NN. The van der Waals surface area contributed by atoms with Crippen LogP contribution < -0.4 is 11.3 Å². The standard InChI is InChI=1S/C14H27N5/c1-2-9-19-14(11-16-18-19)13(17-15)10-12-7-5-3-4-6-8-12/h11-13,17H,2-10,15H2,1H3. The van der Waals surface area contributed by atoms with E-state index >= 15 is 0 Å². The Kier molecular flexibility index (Phi) is 5.79. The molecule has 1 aromatic rings. The smallest absolute Gasteiger partial charge is 0.0770 e. The van der Waals surface area contributed by atoms with Crippen LogP contribution in [0, 0.1) is 5.92 Å². The third kappa shape index (κ3) is 4.01. The summed E-state index contributed by atoms with van der Waals surface area (Å²) in [6, 6.07) is 0.185. The highest BCUT2D eigenvalue weighted by atomic mass is 15.4. The fourth-order valence-corrected chi connectivity index (χ4v) is 3.13. The number of nitrogens with two attached hydrogens (primary N) is 1. The summed E-state index contributed by atoms with van der Waals surface area (Å²) < 4.78 is 1.99. The first-order valence-corrected chi connectivity index (χ1v) is 7.69. The van der Waals surface area contributed by atoms with Gasteiger partial charge in [-0.05, 0) is 18.8 Å². The lowest BCUT2D eigenvalue weighted by Gasteiger charge is -2.22. The number of hydrogen-bond donors (Lipinski definition) is 2. The van der Waals surface area contributed by atoms with Gasteiger partial charge in [0.25, 0.3) is 0 Å². The molecule has 1 heterocycles. The van der Waals surface area contributed by atoms with E-state index in [1.807, 2.05) is 10.9 Å². The highest BCUT2D eigenvalue weighted by Gasteiger charge is 2.21. The summed E-state index contributed by atoms with van der Waals surface area (Å²) in [5.41, 5.74) is 4.10. The van der Waals surface area contributed by atoms with E-state index in [2.05, 4.69) is 22.7 Å². The fourth-order valence-electron chi connectivity index (χ4n) is 3.13. The molecule has 0 spiro atoms. The van der Waals surface area contributed by atoms with Crippen molar-refractivity contribution in [3.05, 3.63) is 11.9 Å². The second kappa shape index (κ2) is 7.60. The molecule has 5 nitrogen and oxygen atoms in total. The Labute approximate surface area is 115 Å². The van der Waals surface area contributed by atoms with Gasteiger partial charge in [0.1, 0.15) is 0 Å². The summed E-state index contributed by atoms with van der Waals surface area (Å²) in [5.74, 6) is 6.55. The van der Waals surface area contributed by atoms with E-state index in [1.54, 1.807) is 0 Å². The van der Waals surface area contributed by atoms with Crippen molar-refractivity contribution in [3.8, 4) is 0 Å². The molecule has 2 rings (SSSR count). The highest BCUT2D eigenvalue weighted by molar-refractivity contribution is 5.02. The lowest BCUT2D eigenvalue weighted by atomic mass is 9.91. The first kappa shape index (κ1) is 14.5. The predicted molar refractivity (Wildman–Crippen MR) is 76.2 cm³/mol. The van der Waals surface area contributed by atoms with Crippen molar-refractivity contribution < 1.29 is 0 Å². The molecule has 1 aliphatic rings. The Morgan fingerprint density at radius 1 is 1.37 bits per heavy atom. The molecular formula is C14H27N5. The molecule has 3 N–H and O–H groups in total. The van der Waals surface area contributed by atoms with Crippen molar-refractivity contribution in [1.82, 2.24) is 20.4 Å². The normalized spacial score (nSPS) is 19.3. The molecule has 108 valence electrons. The average Bonchev–Trinajstić information content (AvgIpc) is 2.72. The maximum absolute atomic E-state index is 5.77. The Balaban J connectivity index is 1.99. The summed E-state index contributed by atoms with van der Waals surface area (Å²) in [6.45, 7) is 3.07. The van der Waals surface area contributed by atoms with Crippen molar-refractivity contribution in [2.75, 3.05) is 0 Å². The van der Waals surface area contributed by atoms with Gasteiger partial charge in [-0.15, -0.1) is 5.10 Å². The maximum Gasteiger partial charge on any atom is 0.0770 e. The van der Waals surface area contributed by atoms with Gasteiger partial charge in [-0.3, -0.25) is 11.3 Å². The lowest BCUT2D eigenvalue weighted by Crippen LogP contribution is -2.31. The second-order valence-electron chi connectivity index (χ2n) is 5.69. The summed E-state index contributed by atoms with van der Waals surface area (Å²) in [6.07, 6.45) is 12.2. The van der Waals surface area contributed by atoms with Gasteiger partial charge in [-0.25, -0.2) is 4.68 Å². The highest BCUT2D eigenvalue weighted by Crippen LogP contribution is 2.30. The van der Waals surface area contributed by atoms with Crippen LogP contribution in [-0.4, -0.2) is 15.0 Å². The van der Waals surface area contributed by atoms with Crippen LogP contribution in [0.3, 0.4) is 0 Å². The molecule has 1 unspecified atom stereocenters. The summed E-state index contributed by atoms with van der Waals surface area (Å²) in [7, 11) is 0. The molecule has 1 aliphatic carbocycles. The average molecular weight is 265 g/mol. The third-order valence-corrected chi connectivity index (χ3v) is 4.19. The van der Waals surface area contributed by atoms with Gasteiger partial charge in [0, 0.05) is 6.54 Å². The zero-order valence-corrected chi connectivity index (χ0v) is 12.0. The Morgan fingerprint density at radius 3 is 2.74 bits per heavy atom. The largest absolute Gasteiger partial charge is 0.271 e. The topological polar surface area (TPSA) is 68.8 Å². The number of rotatable bonds is 6. The molecule has 1 aromatic heterocycles. The van der Waals surface area contributed by atoms with Crippen molar-refractivity contribution in [2.45, 2.75) is 70.9 Å². The van der Waals surface area contributed by atoms with Crippen molar-refractivity contribution >= 4 is 0 Å². The van der Waals surface area contributed by atoms with E-state index in [0.29, 0.717) is 0 Å². The zero-order chi connectivity index (χ0) is 13.5. The van der Waals surface area contributed by atoms with Gasteiger partial charge in [0.05, 0.1) is 17.9 Å². The minimum absolute atomic E-state index is 0.185. The number of aryl methyl sites for hydroxylation is 1. The first-order valence-electron chi connectivity index (χ1n) is 7.69. The van der Waals surface area contributed by atoms with E-state index in [-0.39, 0.29) is 6.04 Å². The number of nitrogens with one attached hydrogen (secondary N) is 1. The Bertz CT molecular complexity index is 354. The lowest BCUT2D eigenvalue weighted by molar-refractivity contribution is 0.344. The van der Waals surface area contributed by atoms with Crippen LogP contribution in [-0.2, 0) is 6.54 Å². The van der Waals surface area contributed by atoms with Crippen molar-refractivity contribution in [1.29, 1.82) is 0 Å². The van der Waals surface area contributed by atoms with Gasteiger partial charge in [0.2, 0.25) is 0 Å². The quantitative estimate of drug-likeness (QED) is 0.471. The van der Waals surface area contributed by atoms with Crippen LogP contribution in [0.5, 0.6) is 0 Å². The molecule has 1 fully saturated rings.